The molecule has 1 aromatic heterocycles. The molecule has 0 saturated heterocycles. The molecule has 1 heterocycles. The predicted octanol–water partition coefficient (Wildman–Crippen LogP) is 2.72. The van der Waals surface area contributed by atoms with Crippen molar-refractivity contribution in [3.05, 3.63) is 35.5 Å². The number of carbonyl (C=O) groups excluding carboxylic acids is 1. The minimum atomic E-state index is -0.0500. The van der Waals surface area contributed by atoms with Gasteiger partial charge in [-0.2, -0.15) is 0 Å². The number of nitrogens with one attached hydrogen (secondary N) is 4. The van der Waals surface area contributed by atoms with Gasteiger partial charge in [-0.25, -0.2) is 4.99 Å². The number of guanidine groups is 1. The first kappa shape index (κ1) is 22.3. The molecule has 0 fully saturated rings. The molecule has 0 aliphatic heterocycles. The Morgan fingerprint density at radius 3 is 2.69 bits per heavy atom. The number of aromatic amines is 1. The normalized spacial score (nSPS) is 11.1. The summed E-state index contributed by atoms with van der Waals surface area (Å²) in [5.41, 5.74) is 3.70. The number of hydrogen-bond acceptors (Lipinski definition) is 2. The summed E-state index contributed by atoms with van der Waals surface area (Å²) in [6.45, 7) is 8.48. The van der Waals surface area contributed by atoms with Crippen LogP contribution in [-0.4, -0.2) is 43.0 Å². The van der Waals surface area contributed by atoms with Crippen LogP contribution in [0.25, 0.3) is 10.9 Å². The molecular formula is C19H30IN5O. The van der Waals surface area contributed by atoms with Crippen molar-refractivity contribution < 1.29 is 4.79 Å². The molecule has 1 amide bonds. The molecule has 7 heteroatoms. The van der Waals surface area contributed by atoms with E-state index in [1.54, 1.807) is 0 Å². The lowest BCUT2D eigenvalue weighted by atomic mass is 10.1. The van der Waals surface area contributed by atoms with E-state index < -0.39 is 0 Å². The molecule has 144 valence electrons. The highest BCUT2D eigenvalue weighted by Crippen LogP contribution is 2.19. The van der Waals surface area contributed by atoms with Crippen molar-refractivity contribution >= 4 is 46.7 Å². The van der Waals surface area contributed by atoms with Gasteiger partial charge in [0.25, 0.3) is 0 Å². The third-order valence-electron chi connectivity index (χ3n) is 3.91. The molecule has 2 rings (SSSR count). The number of benzene rings is 1. The molecule has 2 aromatic rings. The number of H-pyrrole nitrogens is 1. The third-order valence-corrected chi connectivity index (χ3v) is 3.91. The summed E-state index contributed by atoms with van der Waals surface area (Å²) in [6.07, 6.45) is 3.88. The molecule has 26 heavy (non-hydrogen) atoms. The molecule has 0 aliphatic carbocycles. The molecule has 0 unspecified atom stereocenters. The van der Waals surface area contributed by atoms with Gasteiger partial charge in [0.1, 0.15) is 6.54 Å². The Bertz CT molecular complexity index is 726. The number of aliphatic imine (C=N–C) groups is 1. The molecule has 1 aromatic carbocycles. The van der Waals surface area contributed by atoms with Crippen LogP contribution in [-0.2, 0) is 11.2 Å². The molecule has 0 bridgehead atoms. The van der Waals surface area contributed by atoms with E-state index in [2.05, 4.69) is 57.2 Å². The molecule has 4 N–H and O–H groups in total. The Kier molecular flexibility index (Phi) is 10.1. The van der Waals surface area contributed by atoms with Crippen molar-refractivity contribution in [3.8, 4) is 0 Å². The maximum Gasteiger partial charge on any atom is 0.241 e. The number of carbonyl (C=O) groups is 1. The quantitative estimate of drug-likeness (QED) is 0.272. The Labute approximate surface area is 172 Å². The third kappa shape index (κ3) is 6.86. The van der Waals surface area contributed by atoms with E-state index in [9.17, 15) is 4.79 Å². The van der Waals surface area contributed by atoms with E-state index in [0.717, 1.165) is 25.9 Å². The Morgan fingerprint density at radius 2 is 1.96 bits per heavy atom. The molecular weight excluding hydrogens is 441 g/mol. The predicted molar refractivity (Wildman–Crippen MR) is 119 cm³/mol. The van der Waals surface area contributed by atoms with Crippen molar-refractivity contribution in [2.45, 2.75) is 33.6 Å². The zero-order valence-corrected chi connectivity index (χ0v) is 18.1. The molecule has 0 saturated carbocycles. The number of rotatable bonds is 8. The van der Waals surface area contributed by atoms with E-state index in [0.29, 0.717) is 12.5 Å². The van der Waals surface area contributed by atoms with Crippen LogP contribution < -0.4 is 16.0 Å². The summed E-state index contributed by atoms with van der Waals surface area (Å²) in [6, 6.07) is 6.45. The van der Waals surface area contributed by atoms with Crippen LogP contribution >= 0.6 is 24.0 Å². The van der Waals surface area contributed by atoms with Crippen molar-refractivity contribution in [1.29, 1.82) is 0 Å². The summed E-state index contributed by atoms with van der Waals surface area (Å²) >= 11 is 0. The summed E-state index contributed by atoms with van der Waals surface area (Å²) in [5.74, 6) is 0.621. The van der Waals surface area contributed by atoms with Crippen molar-refractivity contribution in [2.75, 3.05) is 26.2 Å². The van der Waals surface area contributed by atoms with E-state index in [1.165, 1.54) is 22.0 Å². The van der Waals surface area contributed by atoms with Crippen LogP contribution in [0.1, 0.15) is 31.4 Å². The topological polar surface area (TPSA) is 81.3 Å². The maximum absolute atomic E-state index is 11.7. The lowest BCUT2D eigenvalue weighted by Gasteiger charge is -2.11. The van der Waals surface area contributed by atoms with Gasteiger partial charge in [0.05, 0.1) is 0 Å². The number of hydrogen-bond donors (Lipinski definition) is 4. The summed E-state index contributed by atoms with van der Waals surface area (Å²) in [4.78, 5) is 19.3. The molecule has 6 nitrogen and oxygen atoms in total. The number of amides is 1. The second-order valence-corrected chi connectivity index (χ2v) is 6.08. The van der Waals surface area contributed by atoms with Gasteiger partial charge in [-0.3, -0.25) is 4.79 Å². The molecule has 0 atom stereocenters. The lowest BCUT2D eigenvalue weighted by molar-refractivity contribution is -0.119. The van der Waals surface area contributed by atoms with Gasteiger partial charge in [-0.1, -0.05) is 19.1 Å². The fraction of sp³-hybridized carbons (Fsp3) is 0.474. The van der Waals surface area contributed by atoms with Crippen molar-refractivity contribution in [2.24, 2.45) is 4.99 Å². The Balaban J connectivity index is 0.00000338. The van der Waals surface area contributed by atoms with Gasteiger partial charge < -0.3 is 20.9 Å². The second-order valence-electron chi connectivity index (χ2n) is 6.08. The Morgan fingerprint density at radius 1 is 1.15 bits per heavy atom. The average molecular weight is 471 g/mol. The smallest absolute Gasteiger partial charge is 0.241 e. The fourth-order valence-corrected chi connectivity index (χ4v) is 2.64. The zero-order valence-electron chi connectivity index (χ0n) is 15.8. The molecule has 0 radical (unpaired) electrons. The lowest BCUT2D eigenvalue weighted by Crippen LogP contribution is -2.39. The van der Waals surface area contributed by atoms with Gasteiger partial charge in [0.15, 0.2) is 5.96 Å². The number of fused-ring (bicyclic) bond motifs is 1. The van der Waals surface area contributed by atoms with Crippen LogP contribution in [0.4, 0.5) is 0 Å². The first-order valence-corrected chi connectivity index (χ1v) is 8.99. The first-order valence-electron chi connectivity index (χ1n) is 8.99. The minimum absolute atomic E-state index is 0. The monoisotopic (exact) mass is 471 g/mol. The van der Waals surface area contributed by atoms with Crippen LogP contribution in [0.5, 0.6) is 0 Å². The number of aromatic nitrogens is 1. The van der Waals surface area contributed by atoms with E-state index in [-0.39, 0.29) is 36.4 Å². The maximum atomic E-state index is 11.7. The highest BCUT2D eigenvalue weighted by molar-refractivity contribution is 14.0. The van der Waals surface area contributed by atoms with E-state index in [1.807, 2.05) is 13.8 Å². The summed E-state index contributed by atoms with van der Waals surface area (Å²) in [7, 11) is 0. The highest BCUT2D eigenvalue weighted by Gasteiger charge is 2.05. The van der Waals surface area contributed by atoms with Gasteiger partial charge in [-0.15, -0.1) is 24.0 Å². The van der Waals surface area contributed by atoms with Crippen LogP contribution in [0, 0.1) is 6.92 Å². The summed E-state index contributed by atoms with van der Waals surface area (Å²) < 4.78 is 0. The van der Waals surface area contributed by atoms with E-state index in [4.69, 9.17) is 0 Å². The highest BCUT2D eigenvalue weighted by atomic mass is 127. The van der Waals surface area contributed by atoms with Gasteiger partial charge in [0, 0.05) is 36.7 Å². The van der Waals surface area contributed by atoms with Crippen LogP contribution in [0.3, 0.4) is 0 Å². The van der Waals surface area contributed by atoms with Gasteiger partial charge in [-0.05, 0) is 43.9 Å². The average Bonchev–Trinajstić information content (AvgIpc) is 2.99. The second kappa shape index (κ2) is 11.8. The minimum Gasteiger partial charge on any atom is -0.361 e. The van der Waals surface area contributed by atoms with Crippen LogP contribution in [0.2, 0.25) is 0 Å². The van der Waals surface area contributed by atoms with E-state index >= 15 is 0 Å². The van der Waals surface area contributed by atoms with Crippen LogP contribution in [0.15, 0.2) is 29.4 Å². The van der Waals surface area contributed by atoms with Gasteiger partial charge >= 0.3 is 0 Å². The summed E-state index contributed by atoms with van der Waals surface area (Å²) in [5, 5.41) is 10.5. The SMILES string of the molecule is CCCNC(=O)CN=C(NCC)NCCc1c[nH]c2cc(C)ccc12.I. The van der Waals surface area contributed by atoms with Gasteiger partial charge in [0.2, 0.25) is 5.91 Å². The number of aryl methyl sites for hydroxylation is 1. The largest absolute Gasteiger partial charge is 0.361 e. The number of halogens is 1. The zero-order chi connectivity index (χ0) is 18.1. The standard InChI is InChI=1S/C19H29N5O.HI/c1-4-9-21-18(25)13-24-19(20-5-2)22-10-8-15-12-23-17-11-14(3)6-7-16(15)17;/h6-7,11-12,23H,4-5,8-10,13H2,1-3H3,(H,21,25)(H2,20,22,24);1H. The van der Waals surface area contributed by atoms with Crippen molar-refractivity contribution in [1.82, 2.24) is 20.9 Å². The first-order chi connectivity index (χ1) is 12.1. The molecule has 0 spiro atoms. The fourth-order valence-electron chi connectivity index (χ4n) is 2.64. The Hall–Kier alpha value is -1.77. The number of nitrogens with zero attached hydrogens (tertiary/aromatic N) is 1. The molecule has 0 aliphatic rings. The van der Waals surface area contributed by atoms with Crippen molar-refractivity contribution in [3.63, 3.8) is 0 Å².